The third kappa shape index (κ3) is 10.2. The summed E-state index contributed by atoms with van der Waals surface area (Å²) in [5.74, 6) is -0.574. The molecule has 33 heavy (non-hydrogen) atoms. The number of amides is 2. The van der Waals surface area contributed by atoms with Gasteiger partial charge in [0.1, 0.15) is 11.5 Å². The Morgan fingerprint density at radius 2 is 0.939 bits per heavy atom. The topological polar surface area (TPSA) is 76.7 Å². The lowest BCUT2D eigenvalue weighted by Crippen LogP contribution is -2.24. The number of rotatable bonds is 14. The van der Waals surface area contributed by atoms with Gasteiger partial charge in [0.05, 0.1) is 0 Å². The van der Waals surface area contributed by atoms with Gasteiger partial charge in [-0.15, -0.1) is 0 Å². The number of ether oxygens (including phenoxy) is 2. The smallest absolute Gasteiger partial charge is 0.387 e. The summed E-state index contributed by atoms with van der Waals surface area (Å²) in [6.45, 7) is -4.82. The Labute approximate surface area is 189 Å². The molecule has 2 rings (SSSR count). The quantitative estimate of drug-likeness (QED) is 0.301. The number of hydrogen-bond acceptors (Lipinski definition) is 4. The van der Waals surface area contributed by atoms with Crippen LogP contribution < -0.4 is 20.1 Å². The molecule has 2 N–H and O–H groups in total. The number of carbonyl (C=O) groups excluding carboxylic acids is 2. The normalized spacial score (nSPS) is 10.8. The molecule has 0 aromatic heterocycles. The summed E-state index contributed by atoms with van der Waals surface area (Å²) in [5.41, 5.74) is 0.729. The standard InChI is InChI=1S/C23H26F4N2O4/c24-22(25)32-18-10-6-16(7-11-18)20(30)28-14-4-2-1-3-5-15-29-21(31)17-8-12-19(13-9-17)33-23(26)27/h6-13,22-23H,1-5,14-15H2,(H,28,30)(H,29,31). The van der Waals surface area contributed by atoms with Gasteiger partial charge in [-0.25, -0.2) is 0 Å². The number of unbranched alkanes of at least 4 members (excludes halogenated alkanes) is 4. The van der Waals surface area contributed by atoms with Crippen molar-refractivity contribution in [1.29, 1.82) is 0 Å². The van der Waals surface area contributed by atoms with Crippen molar-refractivity contribution >= 4 is 11.8 Å². The SMILES string of the molecule is O=C(NCCCCCCCNC(=O)c1ccc(OC(F)F)cc1)c1ccc(OC(F)F)cc1. The molecule has 0 fully saturated rings. The summed E-state index contributed by atoms with van der Waals surface area (Å²) in [5, 5.41) is 5.55. The number of benzene rings is 2. The highest BCUT2D eigenvalue weighted by Gasteiger charge is 2.09. The third-order valence-corrected chi connectivity index (χ3v) is 4.61. The molecule has 0 spiro atoms. The van der Waals surface area contributed by atoms with E-state index in [0.717, 1.165) is 32.1 Å². The van der Waals surface area contributed by atoms with Crippen LogP contribution in [0.15, 0.2) is 48.5 Å². The molecule has 6 nitrogen and oxygen atoms in total. The zero-order chi connectivity index (χ0) is 24.1. The molecule has 180 valence electrons. The van der Waals surface area contributed by atoms with Crippen LogP contribution in [0.4, 0.5) is 17.6 Å². The maximum atomic E-state index is 12.1. The number of carbonyl (C=O) groups is 2. The van der Waals surface area contributed by atoms with Crippen LogP contribution in [0.25, 0.3) is 0 Å². The van der Waals surface area contributed by atoms with Crippen LogP contribution in [-0.4, -0.2) is 38.1 Å². The molecular weight excluding hydrogens is 444 g/mol. The van der Waals surface area contributed by atoms with Crippen molar-refractivity contribution < 1.29 is 36.6 Å². The Morgan fingerprint density at radius 3 is 1.27 bits per heavy atom. The average molecular weight is 470 g/mol. The van der Waals surface area contributed by atoms with Crippen molar-refractivity contribution in [3.63, 3.8) is 0 Å². The first-order valence-electron chi connectivity index (χ1n) is 10.5. The van der Waals surface area contributed by atoms with Crippen LogP contribution in [0.3, 0.4) is 0 Å². The summed E-state index contributed by atoms with van der Waals surface area (Å²) in [6.07, 6.45) is 4.32. The maximum Gasteiger partial charge on any atom is 0.387 e. The second-order valence-corrected chi connectivity index (χ2v) is 7.09. The van der Waals surface area contributed by atoms with Crippen LogP contribution in [-0.2, 0) is 0 Å². The van der Waals surface area contributed by atoms with Crippen molar-refractivity contribution in [1.82, 2.24) is 10.6 Å². The highest BCUT2D eigenvalue weighted by molar-refractivity contribution is 5.94. The zero-order valence-electron chi connectivity index (χ0n) is 17.9. The number of halogens is 4. The number of nitrogens with one attached hydrogen (secondary N) is 2. The monoisotopic (exact) mass is 470 g/mol. The van der Waals surface area contributed by atoms with Crippen LogP contribution in [0, 0.1) is 0 Å². The van der Waals surface area contributed by atoms with E-state index in [4.69, 9.17) is 0 Å². The van der Waals surface area contributed by atoms with Crippen molar-refractivity contribution in [2.75, 3.05) is 13.1 Å². The van der Waals surface area contributed by atoms with Crippen molar-refractivity contribution in [3.8, 4) is 11.5 Å². The van der Waals surface area contributed by atoms with Gasteiger partial charge in [0, 0.05) is 24.2 Å². The molecule has 0 aliphatic heterocycles. The number of hydrogen-bond donors (Lipinski definition) is 2. The van der Waals surface area contributed by atoms with Crippen molar-refractivity contribution in [3.05, 3.63) is 59.7 Å². The van der Waals surface area contributed by atoms with Gasteiger partial charge < -0.3 is 20.1 Å². The molecule has 2 amide bonds. The second kappa shape index (κ2) is 14.0. The molecule has 0 aliphatic carbocycles. The molecule has 0 saturated carbocycles. The molecule has 0 radical (unpaired) electrons. The van der Waals surface area contributed by atoms with Gasteiger partial charge in [-0.3, -0.25) is 9.59 Å². The van der Waals surface area contributed by atoms with Gasteiger partial charge in [0.25, 0.3) is 11.8 Å². The first-order valence-corrected chi connectivity index (χ1v) is 10.5. The molecule has 0 unspecified atom stereocenters. The van der Waals surface area contributed by atoms with E-state index in [1.807, 2.05) is 0 Å². The van der Waals surface area contributed by atoms with E-state index >= 15 is 0 Å². The number of alkyl halides is 4. The van der Waals surface area contributed by atoms with E-state index in [2.05, 4.69) is 20.1 Å². The molecule has 2 aromatic rings. The van der Waals surface area contributed by atoms with E-state index in [1.165, 1.54) is 48.5 Å². The molecule has 0 bridgehead atoms. The summed E-state index contributed by atoms with van der Waals surface area (Å²) in [7, 11) is 0. The molecule has 2 aromatic carbocycles. The predicted octanol–water partition coefficient (Wildman–Crippen LogP) is 5.00. The molecule has 0 heterocycles. The Kier molecular flexibility index (Phi) is 11.0. The van der Waals surface area contributed by atoms with E-state index in [1.54, 1.807) is 0 Å². The Bertz CT molecular complexity index is 790. The minimum absolute atomic E-state index is 0.00453. The van der Waals surface area contributed by atoms with E-state index in [-0.39, 0.29) is 23.3 Å². The fourth-order valence-electron chi connectivity index (χ4n) is 2.96. The average Bonchev–Trinajstić information content (AvgIpc) is 2.78. The van der Waals surface area contributed by atoms with Gasteiger partial charge >= 0.3 is 13.2 Å². The first-order chi connectivity index (χ1) is 15.8. The fraction of sp³-hybridized carbons (Fsp3) is 0.391. The lowest BCUT2D eigenvalue weighted by Gasteiger charge is -2.08. The third-order valence-electron chi connectivity index (χ3n) is 4.61. The summed E-state index contributed by atoms with van der Waals surface area (Å²) in [4.78, 5) is 24.0. The van der Waals surface area contributed by atoms with Crippen LogP contribution in [0.5, 0.6) is 11.5 Å². The van der Waals surface area contributed by atoms with Gasteiger partial charge in [-0.05, 0) is 61.4 Å². The van der Waals surface area contributed by atoms with Crippen LogP contribution >= 0.6 is 0 Å². The summed E-state index contributed by atoms with van der Waals surface area (Å²) < 4.78 is 57.0. The first kappa shape index (κ1) is 26.0. The molecule has 10 heteroatoms. The highest BCUT2D eigenvalue weighted by Crippen LogP contribution is 2.16. The molecule has 0 saturated heterocycles. The minimum Gasteiger partial charge on any atom is -0.435 e. The Hall–Kier alpha value is -3.30. The van der Waals surface area contributed by atoms with Crippen LogP contribution in [0.2, 0.25) is 0 Å². The Morgan fingerprint density at radius 1 is 0.606 bits per heavy atom. The minimum atomic E-state index is -2.91. The van der Waals surface area contributed by atoms with E-state index in [0.29, 0.717) is 24.2 Å². The van der Waals surface area contributed by atoms with Crippen molar-refractivity contribution in [2.24, 2.45) is 0 Å². The second-order valence-electron chi connectivity index (χ2n) is 7.09. The lowest BCUT2D eigenvalue weighted by molar-refractivity contribution is -0.0505. The van der Waals surface area contributed by atoms with Crippen molar-refractivity contribution in [2.45, 2.75) is 45.3 Å². The highest BCUT2D eigenvalue weighted by atomic mass is 19.3. The van der Waals surface area contributed by atoms with E-state index < -0.39 is 13.2 Å². The Balaban J connectivity index is 1.51. The van der Waals surface area contributed by atoms with E-state index in [9.17, 15) is 27.2 Å². The molecule has 0 atom stereocenters. The molecular formula is C23H26F4N2O4. The maximum absolute atomic E-state index is 12.1. The predicted molar refractivity (Wildman–Crippen MR) is 114 cm³/mol. The van der Waals surface area contributed by atoms with Gasteiger partial charge in [0.2, 0.25) is 0 Å². The van der Waals surface area contributed by atoms with Gasteiger partial charge in [-0.1, -0.05) is 19.3 Å². The van der Waals surface area contributed by atoms with Crippen LogP contribution in [0.1, 0.15) is 52.8 Å². The van der Waals surface area contributed by atoms with Gasteiger partial charge in [-0.2, -0.15) is 17.6 Å². The lowest BCUT2D eigenvalue weighted by atomic mass is 10.1. The molecule has 0 aliphatic rings. The summed E-state index contributed by atoms with van der Waals surface area (Å²) in [6, 6.07) is 11.0. The fourth-order valence-corrected chi connectivity index (χ4v) is 2.96. The zero-order valence-corrected chi connectivity index (χ0v) is 17.9. The summed E-state index contributed by atoms with van der Waals surface area (Å²) >= 11 is 0. The van der Waals surface area contributed by atoms with Gasteiger partial charge in [0.15, 0.2) is 0 Å². The largest absolute Gasteiger partial charge is 0.435 e.